The number of halogens is 1. The topological polar surface area (TPSA) is 101 Å². The molecular weight excluding hydrogens is 394 g/mol. The van der Waals surface area contributed by atoms with Gasteiger partial charge in [-0.3, -0.25) is 0 Å². The summed E-state index contributed by atoms with van der Waals surface area (Å²) in [6.07, 6.45) is 3.32. The van der Waals surface area contributed by atoms with Crippen molar-refractivity contribution in [2.45, 2.75) is 11.4 Å². The minimum atomic E-state index is -3.70. The lowest BCUT2D eigenvalue weighted by molar-refractivity contribution is 0.244. The molecule has 8 heteroatoms. The Morgan fingerprint density at radius 1 is 1.08 bits per heavy atom. The van der Waals surface area contributed by atoms with E-state index in [0.29, 0.717) is 0 Å². The van der Waals surface area contributed by atoms with E-state index in [4.69, 9.17) is 5.14 Å². The van der Waals surface area contributed by atoms with Crippen molar-refractivity contribution in [2.24, 2.45) is 5.14 Å². The van der Waals surface area contributed by atoms with Crippen LogP contribution in [0.15, 0.2) is 64.1 Å². The summed E-state index contributed by atoms with van der Waals surface area (Å²) in [6.45, 7) is 0.267. The molecule has 2 aromatic rings. The van der Waals surface area contributed by atoms with Crippen molar-refractivity contribution < 1.29 is 13.2 Å². The van der Waals surface area contributed by atoms with Crippen LogP contribution >= 0.6 is 15.9 Å². The Morgan fingerprint density at radius 2 is 1.71 bits per heavy atom. The summed E-state index contributed by atoms with van der Waals surface area (Å²) in [6, 6.07) is 13.3. The maximum absolute atomic E-state index is 11.7. The van der Waals surface area contributed by atoms with Crippen LogP contribution in [0.5, 0.6) is 0 Å². The number of hydrogen-bond acceptors (Lipinski definition) is 3. The third kappa shape index (κ3) is 5.80. The van der Waals surface area contributed by atoms with Gasteiger partial charge >= 0.3 is 6.03 Å². The Kier molecular flexibility index (Phi) is 6.13. The molecular formula is C16H16BrN3O3S. The highest BCUT2D eigenvalue weighted by Gasteiger charge is 2.06. The summed E-state index contributed by atoms with van der Waals surface area (Å²) in [7, 11) is -3.70. The molecule has 0 fully saturated rings. The molecule has 2 rings (SSSR count). The number of carbonyl (C=O) groups is 1. The predicted molar refractivity (Wildman–Crippen MR) is 96.4 cm³/mol. The molecule has 0 spiro atoms. The van der Waals surface area contributed by atoms with Gasteiger partial charge in [0.15, 0.2) is 0 Å². The van der Waals surface area contributed by atoms with Crippen LogP contribution < -0.4 is 15.8 Å². The maximum atomic E-state index is 11.7. The van der Waals surface area contributed by atoms with Gasteiger partial charge in [0.1, 0.15) is 0 Å². The Morgan fingerprint density at radius 3 is 2.29 bits per heavy atom. The first kappa shape index (κ1) is 18.2. The van der Waals surface area contributed by atoms with E-state index in [1.54, 1.807) is 24.4 Å². The highest BCUT2D eigenvalue weighted by Crippen LogP contribution is 2.11. The van der Waals surface area contributed by atoms with Crippen molar-refractivity contribution in [2.75, 3.05) is 0 Å². The fraction of sp³-hybridized carbons (Fsp3) is 0.0625. The van der Waals surface area contributed by atoms with E-state index < -0.39 is 10.0 Å². The van der Waals surface area contributed by atoms with Crippen molar-refractivity contribution in [1.82, 2.24) is 10.6 Å². The van der Waals surface area contributed by atoms with Gasteiger partial charge in [0.2, 0.25) is 10.0 Å². The summed E-state index contributed by atoms with van der Waals surface area (Å²) in [5, 5.41) is 10.3. The SMILES string of the molecule is NS(=O)(=O)c1ccc(CNC(=O)N/C=C/c2ccc(Br)cc2)cc1. The van der Waals surface area contributed by atoms with Crippen molar-refractivity contribution in [3.63, 3.8) is 0 Å². The first-order valence-corrected chi connectivity index (χ1v) is 9.27. The van der Waals surface area contributed by atoms with Gasteiger partial charge in [-0.15, -0.1) is 0 Å². The number of primary sulfonamides is 1. The molecule has 2 aromatic carbocycles. The maximum Gasteiger partial charge on any atom is 0.319 e. The van der Waals surface area contributed by atoms with Crippen molar-refractivity contribution in [3.8, 4) is 0 Å². The number of carbonyl (C=O) groups excluding carboxylic acids is 1. The molecule has 0 atom stereocenters. The van der Waals surface area contributed by atoms with Gasteiger partial charge in [0.25, 0.3) is 0 Å². The number of hydrogen-bond donors (Lipinski definition) is 3. The van der Waals surface area contributed by atoms with Gasteiger partial charge in [-0.25, -0.2) is 18.4 Å². The van der Waals surface area contributed by atoms with Crippen LogP contribution in [0.2, 0.25) is 0 Å². The average Bonchev–Trinajstić information content (AvgIpc) is 2.54. The molecule has 126 valence electrons. The van der Waals surface area contributed by atoms with Crippen LogP contribution in [-0.2, 0) is 16.6 Å². The molecule has 0 unspecified atom stereocenters. The van der Waals surface area contributed by atoms with E-state index in [0.717, 1.165) is 15.6 Å². The number of nitrogens with one attached hydrogen (secondary N) is 2. The van der Waals surface area contributed by atoms with Crippen LogP contribution in [0.1, 0.15) is 11.1 Å². The van der Waals surface area contributed by atoms with E-state index in [1.165, 1.54) is 12.1 Å². The van der Waals surface area contributed by atoms with Crippen molar-refractivity contribution in [1.29, 1.82) is 0 Å². The lowest BCUT2D eigenvalue weighted by Crippen LogP contribution is -2.31. The zero-order valence-corrected chi connectivity index (χ0v) is 15.0. The van der Waals surface area contributed by atoms with E-state index in [9.17, 15) is 13.2 Å². The fourth-order valence-corrected chi connectivity index (χ4v) is 2.60. The smallest absolute Gasteiger partial charge is 0.319 e. The molecule has 0 aliphatic rings. The molecule has 24 heavy (non-hydrogen) atoms. The Labute approximate surface area is 148 Å². The summed E-state index contributed by atoms with van der Waals surface area (Å²) in [5.41, 5.74) is 1.71. The van der Waals surface area contributed by atoms with Crippen LogP contribution in [0.3, 0.4) is 0 Å². The van der Waals surface area contributed by atoms with Crippen molar-refractivity contribution in [3.05, 3.63) is 70.3 Å². The van der Waals surface area contributed by atoms with Crippen LogP contribution in [0, 0.1) is 0 Å². The van der Waals surface area contributed by atoms with Crippen LogP contribution in [0.25, 0.3) is 6.08 Å². The Balaban J connectivity index is 1.81. The van der Waals surface area contributed by atoms with Crippen LogP contribution in [0.4, 0.5) is 4.79 Å². The molecule has 0 heterocycles. The molecule has 0 aliphatic carbocycles. The van der Waals surface area contributed by atoms with Gasteiger partial charge < -0.3 is 10.6 Å². The Hall–Kier alpha value is -2.16. The minimum Gasteiger partial charge on any atom is -0.334 e. The molecule has 4 N–H and O–H groups in total. The third-order valence-electron chi connectivity index (χ3n) is 3.07. The second-order valence-electron chi connectivity index (χ2n) is 4.90. The second-order valence-corrected chi connectivity index (χ2v) is 7.38. The second kappa shape index (κ2) is 8.09. The van der Waals surface area contributed by atoms with E-state index in [2.05, 4.69) is 26.6 Å². The zero-order valence-electron chi connectivity index (χ0n) is 12.6. The lowest BCUT2D eigenvalue weighted by Gasteiger charge is -2.05. The summed E-state index contributed by atoms with van der Waals surface area (Å²) < 4.78 is 23.3. The first-order valence-electron chi connectivity index (χ1n) is 6.93. The number of benzene rings is 2. The molecule has 2 amide bonds. The number of urea groups is 1. The summed E-state index contributed by atoms with van der Waals surface area (Å²) in [4.78, 5) is 11.7. The third-order valence-corrected chi connectivity index (χ3v) is 4.52. The highest BCUT2D eigenvalue weighted by atomic mass is 79.9. The predicted octanol–water partition coefficient (Wildman–Crippen LogP) is 2.57. The fourth-order valence-electron chi connectivity index (χ4n) is 1.82. The molecule has 0 radical (unpaired) electrons. The highest BCUT2D eigenvalue weighted by molar-refractivity contribution is 9.10. The molecule has 6 nitrogen and oxygen atoms in total. The first-order chi connectivity index (χ1) is 11.3. The zero-order chi connectivity index (χ0) is 17.6. The monoisotopic (exact) mass is 409 g/mol. The van der Waals surface area contributed by atoms with E-state index >= 15 is 0 Å². The van der Waals surface area contributed by atoms with Crippen LogP contribution in [-0.4, -0.2) is 14.4 Å². The summed E-state index contributed by atoms with van der Waals surface area (Å²) >= 11 is 3.35. The molecule has 0 aliphatic heterocycles. The quantitative estimate of drug-likeness (QED) is 0.706. The van der Waals surface area contributed by atoms with Gasteiger partial charge in [-0.05, 0) is 41.5 Å². The minimum absolute atomic E-state index is 0.0353. The lowest BCUT2D eigenvalue weighted by atomic mass is 10.2. The molecule has 0 bridgehead atoms. The normalized spacial score (nSPS) is 11.4. The van der Waals surface area contributed by atoms with Gasteiger partial charge in [0, 0.05) is 17.2 Å². The average molecular weight is 410 g/mol. The molecule has 0 aromatic heterocycles. The summed E-state index contributed by atoms with van der Waals surface area (Å²) in [5.74, 6) is 0. The van der Waals surface area contributed by atoms with E-state index in [-0.39, 0.29) is 17.5 Å². The van der Waals surface area contributed by atoms with Gasteiger partial charge in [0.05, 0.1) is 4.90 Å². The Bertz CT molecular complexity index is 832. The van der Waals surface area contributed by atoms with Crippen molar-refractivity contribution >= 4 is 38.1 Å². The molecule has 0 saturated carbocycles. The van der Waals surface area contributed by atoms with Gasteiger partial charge in [-0.1, -0.05) is 40.2 Å². The number of rotatable bonds is 5. The molecule has 0 saturated heterocycles. The number of nitrogens with two attached hydrogens (primary N) is 1. The van der Waals surface area contributed by atoms with E-state index in [1.807, 2.05) is 24.3 Å². The number of sulfonamides is 1. The van der Waals surface area contributed by atoms with Gasteiger partial charge in [-0.2, -0.15) is 0 Å². The standard InChI is InChI=1S/C16H16BrN3O3S/c17-14-5-1-12(2-6-14)9-10-19-16(21)20-11-13-3-7-15(8-4-13)24(18,22)23/h1-10H,11H2,(H2,18,22,23)(H2,19,20,21)/b10-9+. The number of amides is 2. The largest absolute Gasteiger partial charge is 0.334 e.